The Morgan fingerprint density at radius 1 is 0.218 bits per heavy atom. The Balaban J connectivity index is 0.000000130. The third kappa shape index (κ3) is 12.4. The molecule has 4 heterocycles. The molecule has 0 aliphatic carbocycles. The zero-order valence-corrected chi connectivity index (χ0v) is 57.9. The van der Waals surface area contributed by atoms with E-state index < -0.39 is 16.1 Å². The number of hydrogen-bond acceptors (Lipinski definition) is 7. The van der Waals surface area contributed by atoms with Crippen LogP contribution >= 0.6 is 11.6 Å². The predicted molar refractivity (Wildman–Crippen MR) is 422 cm³/mol. The van der Waals surface area contributed by atoms with Gasteiger partial charge in [0.2, 0.25) is 0 Å². The summed E-state index contributed by atoms with van der Waals surface area (Å²) in [4.78, 5) is 31.2. The zero-order chi connectivity index (χ0) is 67.8. The Labute approximate surface area is 596 Å². The van der Waals surface area contributed by atoms with Crippen molar-refractivity contribution in [1.82, 2.24) is 29.9 Å². The van der Waals surface area contributed by atoms with E-state index in [0.29, 0.717) is 40.0 Å². The Kier molecular flexibility index (Phi) is 17.9. The first-order valence-electron chi connectivity index (χ1n) is 34.0. The van der Waals surface area contributed by atoms with Gasteiger partial charge in [-0.15, -0.1) is 0 Å². The van der Waals surface area contributed by atoms with Crippen molar-refractivity contribution in [3.8, 4) is 68.3 Å². The molecular weight excluding hydrogens is 1280 g/mol. The molecule has 0 bridgehead atoms. The highest BCUT2D eigenvalue weighted by atomic mass is 35.5. The first kappa shape index (κ1) is 63.4. The SMILES string of the molecule is Clc1ccc(-c2nc(-c3ccccc3)nc(-c3ccccc3)n2)cc1.c1ccc(-c2nc(-c3ccccc3)nc(-c3ccc(N4c5ccccc5[Si](c5ccccc5)(c5ccccc5)c5ccccc54)cc3)n2)cc1.c1ccc([Si]2(c3ccccc3)c3ccccc3Cc3ccccc32)cc1. The van der Waals surface area contributed by atoms with Gasteiger partial charge in [0, 0.05) is 55.5 Å². The molecule has 0 radical (unpaired) electrons. The van der Waals surface area contributed by atoms with Crippen LogP contribution in [0.25, 0.3) is 68.3 Å². The molecule has 10 heteroatoms. The number of halogens is 1. The fourth-order valence-corrected chi connectivity index (χ4v) is 25.0. The van der Waals surface area contributed by atoms with E-state index in [1.165, 1.54) is 64.0 Å². The van der Waals surface area contributed by atoms with Crippen molar-refractivity contribution in [3.05, 3.63) is 404 Å². The number of anilines is 3. The van der Waals surface area contributed by atoms with E-state index in [2.05, 4.69) is 263 Å². The molecule has 0 saturated heterocycles. The van der Waals surface area contributed by atoms with Crippen LogP contribution < -0.4 is 46.4 Å². The van der Waals surface area contributed by atoms with Gasteiger partial charge in [0.15, 0.2) is 51.1 Å². The maximum Gasteiger partial charge on any atom is 0.184 e. The number of rotatable bonds is 11. The Hall–Kier alpha value is -12.4. The number of aromatic nitrogens is 6. The van der Waals surface area contributed by atoms with E-state index in [1.807, 2.05) is 146 Å². The summed E-state index contributed by atoms with van der Waals surface area (Å²) in [5.41, 5.74) is 12.1. The second-order valence-corrected chi connectivity index (χ2v) is 32.9. The molecule has 2 aliphatic heterocycles. The summed E-state index contributed by atoms with van der Waals surface area (Å²) >= 11 is 6.00. The molecule has 0 amide bonds. The van der Waals surface area contributed by atoms with Crippen LogP contribution in [0.4, 0.5) is 17.1 Å². The third-order valence-corrected chi connectivity index (χ3v) is 29.1. The van der Waals surface area contributed by atoms with Crippen molar-refractivity contribution in [2.75, 3.05) is 4.90 Å². The zero-order valence-electron chi connectivity index (χ0n) is 55.2. The highest BCUT2D eigenvalue weighted by Crippen LogP contribution is 2.39. The van der Waals surface area contributed by atoms with Crippen molar-refractivity contribution < 1.29 is 0 Å². The van der Waals surface area contributed by atoms with Gasteiger partial charge < -0.3 is 4.90 Å². The van der Waals surface area contributed by atoms with Gasteiger partial charge in [-0.25, -0.2) is 29.9 Å². The molecule has 480 valence electrons. The van der Waals surface area contributed by atoms with Crippen molar-refractivity contribution >= 4 is 86.3 Å². The van der Waals surface area contributed by atoms with Crippen molar-refractivity contribution in [2.45, 2.75) is 6.42 Å². The smallest absolute Gasteiger partial charge is 0.184 e. The standard InChI is InChI=1S/C45H32N4Si.C25H20Si.C21H14ClN3/c1-5-17-33(18-6-1)43-46-44(34-19-7-2-8-20-34)48-45(47-43)35-29-31-36(32-30-35)49-39-25-13-15-27-41(39)50(37-21-9-3-10-22-37,38-23-11-4-12-24-38)42-28-16-14-26-40(42)49;1-3-13-22(14-4-1)26(23-15-5-2-6-16-23)24-17-9-7-11-20(24)19-21-12-8-10-18-25(21)26;22-18-13-11-17(12-14-18)21-24-19(15-7-3-1-4-8-15)23-20(25-21)16-9-5-2-6-10-16/h1-32H;1-18H,19H2;1-14H. The van der Waals surface area contributed by atoms with Gasteiger partial charge in [-0.3, -0.25) is 0 Å². The highest BCUT2D eigenvalue weighted by Gasteiger charge is 2.49. The number of nitrogens with zero attached hydrogens (tertiary/aromatic N) is 7. The van der Waals surface area contributed by atoms with Gasteiger partial charge in [-0.1, -0.05) is 339 Å². The van der Waals surface area contributed by atoms with E-state index >= 15 is 0 Å². The Morgan fingerprint density at radius 2 is 0.446 bits per heavy atom. The molecule has 0 fully saturated rings. The monoisotopic (exact) mass is 1350 g/mol. The van der Waals surface area contributed by atoms with Crippen LogP contribution in [-0.2, 0) is 6.42 Å². The number of fused-ring (bicyclic) bond motifs is 4. The van der Waals surface area contributed by atoms with Gasteiger partial charge in [0.05, 0.1) is 0 Å². The largest absolute Gasteiger partial charge is 0.311 e. The Morgan fingerprint density at radius 3 is 0.752 bits per heavy atom. The molecule has 0 spiro atoms. The molecule has 0 atom stereocenters. The molecule has 101 heavy (non-hydrogen) atoms. The first-order valence-corrected chi connectivity index (χ1v) is 38.4. The molecule has 0 N–H and O–H groups in total. The Bertz CT molecular complexity index is 5200. The maximum atomic E-state index is 6.00. The molecule has 18 rings (SSSR count). The quantitative estimate of drug-likeness (QED) is 0.119. The molecule has 16 aromatic rings. The summed E-state index contributed by atoms with van der Waals surface area (Å²) in [7, 11) is -4.94. The molecule has 2 aliphatic rings. The predicted octanol–water partition coefficient (Wildman–Crippen LogP) is 16.5. The number of para-hydroxylation sites is 2. The minimum absolute atomic E-state index is 0.629. The van der Waals surface area contributed by atoms with E-state index in [9.17, 15) is 0 Å². The minimum atomic E-state index is -2.66. The molecule has 0 saturated carbocycles. The minimum Gasteiger partial charge on any atom is -0.311 e. The summed E-state index contributed by atoms with van der Waals surface area (Å²) in [5, 5.41) is 12.2. The van der Waals surface area contributed by atoms with E-state index in [0.717, 1.165) is 45.5 Å². The second kappa shape index (κ2) is 28.6. The topological polar surface area (TPSA) is 80.6 Å². The van der Waals surface area contributed by atoms with Crippen LogP contribution in [0.5, 0.6) is 0 Å². The summed E-state index contributed by atoms with van der Waals surface area (Å²) < 4.78 is 0. The fraction of sp³-hybridized carbons (Fsp3) is 0.0110. The van der Waals surface area contributed by atoms with E-state index in [4.69, 9.17) is 26.6 Å². The average Bonchev–Trinajstić information content (AvgIpc) is 0.709. The lowest BCUT2D eigenvalue weighted by Gasteiger charge is -2.45. The third-order valence-electron chi connectivity index (χ3n) is 19.0. The van der Waals surface area contributed by atoms with Gasteiger partial charge in [0.25, 0.3) is 0 Å². The van der Waals surface area contributed by atoms with Crippen LogP contribution in [-0.4, -0.2) is 46.1 Å². The lowest BCUT2D eigenvalue weighted by atomic mass is 10.0. The van der Waals surface area contributed by atoms with E-state index in [1.54, 1.807) is 0 Å². The molecule has 7 nitrogen and oxygen atoms in total. The lowest BCUT2D eigenvalue weighted by molar-refractivity contribution is 1.07. The lowest BCUT2D eigenvalue weighted by Crippen LogP contribution is -2.77. The molecule has 0 unspecified atom stereocenters. The van der Waals surface area contributed by atoms with Gasteiger partial charge in [0.1, 0.15) is 0 Å². The van der Waals surface area contributed by atoms with Crippen molar-refractivity contribution in [3.63, 3.8) is 0 Å². The molecule has 2 aromatic heterocycles. The second-order valence-electron chi connectivity index (χ2n) is 25.0. The summed E-state index contributed by atoms with van der Waals surface area (Å²) in [6.45, 7) is 0. The van der Waals surface area contributed by atoms with Crippen LogP contribution in [0.3, 0.4) is 0 Å². The maximum absolute atomic E-state index is 6.00. The van der Waals surface area contributed by atoms with Crippen molar-refractivity contribution in [1.29, 1.82) is 0 Å². The summed E-state index contributed by atoms with van der Waals surface area (Å²) in [5.74, 6) is 3.88. The average molecular weight is 1350 g/mol. The van der Waals surface area contributed by atoms with Gasteiger partial charge >= 0.3 is 0 Å². The summed E-state index contributed by atoms with van der Waals surface area (Å²) in [6.07, 6.45) is 1.03. The van der Waals surface area contributed by atoms with Crippen LogP contribution in [0.15, 0.2) is 388 Å². The highest BCUT2D eigenvalue weighted by molar-refractivity contribution is 7.21. The summed E-state index contributed by atoms with van der Waals surface area (Å²) in [6, 6.07) is 137. The number of hydrogen-bond donors (Lipinski definition) is 0. The molecule has 14 aromatic carbocycles. The van der Waals surface area contributed by atoms with Gasteiger partial charge in [-0.2, -0.15) is 0 Å². The van der Waals surface area contributed by atoms with Crippen molar-refractivity contribution in [2.24, 2.45) is 0 Å². The normalized spacial score (nSPS) is 12.7. The van der Waals surface area contributed by atoms with Crippen LogP contribution in [0.1, 0.15) is 11.1 Å². The van der Waals surface area contributed by atoms with Gasteiger partial charge in [-0.05, 0) is 120 Å². The van der Waals surface area contributed by atoms with Crippen LogP contribution in [0, 0.1) is 0 Å². The number of benzene rings is 14. The van der Waals surface area contributed by atoms with E-state index in [-0.39, 0.29) is 0 Å². The van der Waals surface area contributed by atoms with Crippen LogP contribution in [0.2, 0.25) is 5.02 Å². The molecular formula is C91H66ClN7Si2. The fourth-order valence-electron chi connectivity index (χ4n) is 14.5. The first-order chi connectivity index (χ1) is 50.0.